The fourth-order valence-electron chi connectivity index (χ4n) is 4.25. The molecule has 0 saturated heterocycles. The topological polar surface area (TPSA) is 114 Å². The highest BCUT2D eigenvalue weighted by atomic mass is 32.2. The Balaban J connectivity index is 1.51. The summed E-state index contributed by atoms with van der Waals surface area (Å²) in [7, 11) is -2.49. The third-order valence-corrected chi connectivity index (χ3v) is 7.98. The van der Waals surface area contributed by atoms with Gasteiger partial charge < -0.3 is 15.4 Å². The maximum atomic E-state index is 13.2. The van der Waals surface area contributed by atoms with Crippen molar-refractivity contribution in [1.82, 2.24) is 4.72 Å². The number of amides is 2. The zero-order chi connectivity index (χ0) is 24.3. The van der Waals surface area contributed by atoms with Gasteiger partial charge in [-0.05, 0) is 68.0 Å². The second-order valence-electron chi connectivity index (χ2n) is 9.15. The molecule has 2 aromatic carbocycles. The van der Waals surface area contributed by atoms with Crippen LogP contribution in [0.4, 0.5) is 11.4 Å². The summed E-state index contributed by atoms with van der Waals surface area (Å²) in [6.45, 7) is 2.05. The Hall–Kier alpha value is -2.91. The molecular weight excluding hydrogens is 454 g/mol. The van der Waals surface area contributed by atoms with E-state index in [9.17, 15) is 18.0 Å². The molecule has 0 bridgehead atoms. The van der Waals surface area contributed by atoms with Crippen LogP contribution in [0.3, 0.4) is 0 Å². The number of nitrogens with one attached hydrogen (secondary N) is 3. The van der Waals surface area contributed by atoms with Crippen LogP contribution in [0.5, 0.6) is 5.75 Å². The maximum absolute atomic E-state index is 13.2. The monoisotopic (exact) mass is 485 g/mol. The minimum atomic E-state index is -3.89. The molecule has 2 atom stereocenters. The van der Waals surface area contributed by atoms with Crippen molar-refractivity contribution in [1.29, 1.82) is 0 Å². The summed E-state index contributed by atoms with van der Waals surface area (Å²) in [6.07, 6.45) is 5.66. The lowest BCUT2D eigenvalue weighted by molar-refractivity contribution is -0.117. The highest BCUT2D eigenvalue weighted by Gasteiger charge is 2.30. The number of sulfonamides is 1. The molecule has 0 heterocycles. The van der Waals surface area contributed by atoms with Gasteiger partial charge in [0, 0.05) is 28.9 Å². The number of carbonyl (C=O) groups excluding carboxylic acids is 2. The molecule has 2 saturated carbocycles. The fraction of sp³-hybridized carbons (Fsp3) is 0.440. The van der Waals surface area contributed by atoms with Gasteiger partial charge in [-0.1, -0.05) is 25.8 Å². The number of rotatable bonds is 8. The van der Waals surface area contributed by atoms with E-state index in [1.807, 2.05) is 0 Å². The molecule has 4 rings (SSSR count). The number of hydrogen-bond acceptors (Lipinski definition) is 5. The first kappa shape index (κ1) is 24.2. The molecule has 0 spiro atoms. The first-order chi connectivity index (χ1) is 16.3. The number of methoxy groups -OCH3 is 1. The molecule has 2 aromatic rings. The Kier molecular flexibility index (Phi) is 7.23. The Bertz CT molecular complexity index is 1180. The van der Waals surface area contributed by atoms with Gasteiger partial charge in [0.15, 0.2) is 0 Å². The molecule has 8 nitrogen and oxygen atoms in total. The van der Waals surface area contributed by atoms with Crippen LogP contribution >= 0.6 is 0 Å². The molecule has 2 amide bonds. The van der Waals surface area contributed by atoms with E-state index >= 15 is 0 Å². The third kappa shape index (κ3) is 5.77. The zero-order valence-corrected chi connectivity index (χ0v) is 20.3. The largest absolute Gasteiger partial charge is 0.495 e. The van der Waals surface area contributed by atoms with Crippen molar-refractivity contribution in [2.75, 3.05) is 17.7 Å². The zero-order valence-electron chi connectivity index (χ0n) is 19.5. The van der Waals surface area contributed by atoms with E-state index in [0.717, 1.165) is 38.5 Å². The minimum Gasteiger partial charge on any atom is -0.495 e. The van der Waals surface area contributed by atoms with Crippen molar-refractivity contribution >= 4 is 33.2 Å². The molecule has 9 heteroatoms. The van der Waals surface area contributed by atoms with E-state index in [2.05, 4.69) is 22.3 Å². The summed E-state index contributed by atoms with van der Waals surface area (Å²) in [4.78, 5) is 24.9. The second-order valence-corrected chi connectivity index (χ2v) is 10.8. The summed E-state index contributed by atoms with van der Waals surface area (Å²) in [5, 5.41) is 5.62. The predicted octanol–water partition coefficient (Wildman–Crippen LogP) is 4.15. The molecule has 3 N–H and O–H groups in total. The van der Waals surface area contributed by atoms with Crippen LogP contribution in [0.2, 0.25) is 0 Å². The number of benzene rings is 2. The van der Waals surface area contributed by atoms with E-state index in [0.29, 0.717) is 11.4 Å². The summed E-state index contributed by atoms with van der Waals surface area (Å²) in [6, 6.07) is 11.1. The number of ether oxygens (including phenoxy) is 1. The first-order valence-corrected chi connectivity index (χ1v) is 13.2. The van der Waals surface area contributed by atoms with Crippen LogP contribution in [0.25, 0.3) is 0 Å². The van der Waals surface area contributed by atoms with Crippen LogP contribution in [-0.2, 0) is 14.8 Å². The van der Waals surface area contributed by atoms with Gasteiger partial charge in [-0.15, -0.1) is 0 Å². The molecule has 182 valence electrons. The normalized spacial score (nSPS) is 20.4. The number of hydrogen-bond donors (Lipinski definition) is 3. The molecule has 34 heavy (non-hydrogen) atoms. The van der Waals surface area contributed by atoms with Crippen molar-refractivity contribution in [3.63, 3.8) is 0 Å². The molecule has 0 unspecified atom stereocenters. The summed E-state index contributed by atoms with van der Waals surface area (Å²) < 4.78 is 34.5. The summed E-state index contributed by atoms with van der Waals surface area (Å²) >= 11 is 0. The van der Waals surface area contributed by atoms with Crippen molar-refractivity contribution in [2.24, 2.45) is 11.8 Å². The van der Waals surface area contributed by atoms with Gasteiger partial charge in [0.1, 0.15) is 10.6 Å². The highest BCUT2D eigenvalue weighted by molar-refractivity contribution is 7.89. The highest BCUT2D eigenvalue weighted by Crippen LogP contribution is 2.31. The van der Waals surface area contributed by atoms with Crippen LogP contribution in [0.15, 0.2) is 47.4 Å². The molecular formula is C25H31N3O5S. The van der Waals surface area contributed by atoms with Gasteiger partial charge in [0.25, 0.3) is 5.91 Å². The first-order valence-electron chi connectivity index (χ1n) is 11.7. The molecule has 2 fully saturated rings. The third-order valence-electron chi connectivity index (χ3n) is 6.47. The average Bonchev–Trinajstić information content (AvgIpc) is 3.66. The van der Waals surface area contributed by atoms with E-state index in [-0.39, 0.29) is 40.0 Å². The maximum Gasteiger partial charge on any atom is 0.255 e. The average molecular weight is 486 g/mol. The molecule has 0 radical (unpaired) electrons. The van der Waals surface area contributed by atoms with Crippen LogP contribution in [-0.4, -0.2) is 33.4 Å². The van der Waals surface area contributed by atoms with Gasteiger partial charge >= 0.3 is 0 Å². The lowest BCUT2D eigenvalue weighted by atomic mass is 9.87. The van der Waals surface area contributed by atoms with Crippen LogP contribution < -0.4 is 20.1 Å². The SMILES string of the molecule is COc1ccc(C(=O)Nc2cccc(NC(=O)C3CC3)c2)cc1S(=O)(=O)N[C@H]1CCCC[C@H]1C. The fourth-order valence-corrected chi connectivity index (χ4v) is 5.82. The standard InChI is InChI=1S/C25H31N3O5S/c1-16-6-3-4-9-21(16)28-34(31,32)23-14-18(12-13-22(23)33-2)25(30)27-20-8-5-7-19(15-20)26-24(29)17-10-11-17/h5,7-8,12-17,21,28H,3-4,6,9-11H2,1-2H3,(H,26,29)(H,27,30)/t16-,21+/m1/s1. The molecule has 0 aromatic heterocycles. The van der Waals surface area contributed by atoms with E-state index in [1.54, 1.807) is 24.3 Å². The summed E-state index contributed by atoms with van der Waals surface area (Å²) in [5.41, 5.74) is 1.27. The van der Waals surface area contributed by atoms with E-state index in [4.69, 9.17) is 4.74 Å². The minimum absolute atomic E-state index is 0.0201. The van der Waals surface area contributed by atoms with E-state index < -0.39 is 15.9 Å². The lowest BCUT2D eigenvalue weighted by Gasteiger charge is -2.29. The van der Waals surface area contributed by atoms with Gasteiger partial charge in [-0.25, -0.2) is 13.1 Å². The Morgan fingerprint density at radius 2 is 1.65 bits per heavy atom. The quantitative estimate of drug-likeness (QED) is 0.520. The number of carbonyl (C=O) groups is 2. The second kappa shape index (κ2) is 10.1. The smallest absolute Gasteiger partial charge is 0.255 e. The summed E-state index contributed by atoms with van der Waals surface area (Å²) in [5.74, 6) is 0.0122. The van der Waals surface area contributed by atoms with Gasteiger partial charge in [0.05, 0.1) is 7.11 Å². The van der Waals surface area contributed by atoms with Crippen molar-refractivity contribution in [3.05, 3.63) is 48.0 Å². The predicted molar refractivity (Wildman–Crippen MR) is 130 cm³/mol. The molecule has 2 aliphatic rings. The Labute approximate surface area is 200 Å². The lowest BCUT2D eigenvalue weighted by Crippen LogP contribution is -2.41. The van der Waals surface area contributed by atoms with Crippen molar-refractivity contribution in [3.8, 4) is 5.75 Å². The van der Waals surface area contributed by atoms with Gasteiger partial charge in [-0.3, -0.25) is 9.59 Å². The Morgan fingerprint density at radius 1 is 0.941 bits per heavy atom. The van der Waals surface area contributed by atoms with Gasteiger partial charge in [-0.2, -0.15) is 0 Å². The molecule has 2 aliphatic carbocycles. The molecule has 0 aliphatic heterocycles. The van der Waals surface area contributed by atoms with Crippen molar-refractivity contribution < 1.29 is 22.7 Å². The van der Waals surface area contributed by atoms with E-state index in [1.165, 1.54) is 25.3 Å². The van der Waals surface area contributed by atoms with Crippen molar-refractivity contribution in [2.45, 2.75) is 56.4 Å². The van der Waals surface area contributed by atoms with Gasteiger partial charge in [0.2, 0.25) is 15.9 Å². The number of anilines is 2. The van der Waals surface area contributed by atoms with Crippen LogP contribution in [0, 0.1) is 11.8 Å². The Morgan fingerprint density at radius 3 is 2.32 bits per heavy atom. The van der Waals surface area contributed by atoms with Crippen LogP contribution in [0.1, 0.15) is 55.8 Å².